The molecule has 4 nitrogen and oxygen atoms in total. The van der Waals surface area contributed by atoms with Gasteiger partial charge in [0.05, 0.1) is 16.7 Å². The van der Waals surface area contributed by atoms with Gasteiger partial charge in [-0.3, -0.25) is 9.59 Å². The summed E-state index contributed by atoms with van der Waals surface area (Å²) in [7, 11) is 0. The second-order valence-electron chi connectivity index (χ2n) is 7.01. The summed E-state index contributed by atoms with van der Waals surface area (Å²) in [6, 6.07) is 13.9. The van der Waals surface area contributed by atoms with Crippen LogP contribution in [0.2, 0.25) is 0 Å². The molecule has 0 spiro atoms. The molecule has 6 atom stereocenters. The Morgan fingerprint density at radius 1 is 1.12 bits per heavy atom. The van der Waals surface area contributed by atoms with Crippen LogP contribution in [-0.4, -0.2) is 22.8 Å². The van der Waals surface area contributed by atoms with Crippen LogP contribution in [0.5, 0.6) is 0 Å². The molecule has 2 bridgehead atoms. The number of carbonyl (C=O) groups is 2. The fraction of sp³-hybridized carbons (Fsp3) is 0.368. The Labute approximate surface area is 147 Å². The molecule has 2 aliphatic carbocycles. The van der Waals surface area contributed by atoms with E-state index in [9.17, 15) is 9.59 Å². The number of esters is 1. The number of halogens is 1. The van der Waals surface area contributed by atoms with Crippen LogP contribution in [0, 0.1) is 23.7 Å². The summed E-state index contributed by atoms with van der Waals surface area (Å²) in [5.74, 6) is -0.458. The van der Waals surface area contributed by atoms with E-state index in [0.29, 0.717) is 0 Å². The van der Waals surface area contributed by atoms with E-state index in [1.54, 1.807) is 0 Å². The number of hydrogen-bond donors (Lipinski definition) is 1. The Morgan fingerprint density at radius 3 is 2.75 bits per heavy atom. The third-order valence-corrected chi connectivity index (χ3v) is 7.04. The third kappa shape index (κ3) is 1.91. The first-order valence-corrected chi connectivity index (χ1v) is 9.19. The highest BCUT2D eigenvalue weighted by Gasteiger charge is 2.67. The molecule has 1 N–H and O–H groups in total. The van der Waals surface area contributed by atoms with Gasteiger partial charge in [-0.05, 0) is 35.2 Å². The van der Waals surface area contributed by atoms with Crippen LogP contribution in [-0.2, 0) is 14.3 Å². The normalized spacial score (nSPS) is 36.1. The smallest absolute Gasteiger partial charge is 0.310 e. The van der Waals surface area contributed by atoms with Crippen LogP contribution in [0.25, 0.3) is 10.8 Å². The van der Waals surface area contributed by atoms with Crippen LogP contribution in [0.15, 0.2) is 42.5 Å². The predicted octanol–water partition coefficient (Wildman–Crippen LogP) is 3.35. The first kappa shape index (κ1) is 14.5. The zero-order chi connectivity index (χ0) is 16.4. The number of fused-ring (bicyclic) bond motifs is 2. The van der Waals surface area contributed by atoms with Crippen LogP contribution in [0.1, 0.15) is 6.42 Å². The minimum absolute atomic E-state index is 0.0442. The molecule has 2 aromatic rings. The van der Waals surface area contributed by atoms with E-state index in [-0.39, 0.29) is 46.5 Å². The lowest BCUT2D eigenvalue weighted by molar-refractivity contribution is -0.145. The van der Waals surface area contributed by atoms with Crippen molar-refractivity contribution < 1.29 is 14.3 Å². The van der Waals surface area contributed by atoms with Gasteiger partial charge in [0.2, 0.25) is 5.91 Å². The Balaban J connectivity index is 1.43. The molecule has 1 aliphatic heterocycles. The molecule has 5 heteroatoms. The fourth-order valence-corrected chi connectivity index (χ4v) is 5.87. The predicted molar refractivity (Wildman–Crippen MR) is 93.7 cm³/mol. The van der Waals surface area contributed by atoms with E-state index in [1.807, 2.05) is 42.5 Å². The number of ether oxygens (including phenoxy) is 1. The van der Waals surface area contributed by atoms with Crippen molar-refractivity contribution in [2.24, 2.45) is 23.7 Å². The number of amides is 1. The van der Waals surface area contributed by atoms with Crippen molar-refractivity contribution in [1.82, 2.24) is 0 Å². The molecule has 0 unspecified atom stereocenters. The van der Waals surface area contributed by atoms with Gasteiger partial charge in [-0.15, -0.1) is 0 Å². The van der Waals surface area contributed by atoms with Crippen LogP contribution in [0.4, 0.5) is 5.69 Å². The van der Waals surface area contributed by atoms with Crippen molar-refractivity contribution in [3.8, 4) is 0 Å². The largest absolute Gasteiger partial charge is 0.461 e. The minimum atomic E-state index is -0.294. The second kappa shape index (κ2) is 5.06. The standard InChI is InChI=1S/C19H16BrNO3/c20-16-12-8-13-15(19(23)24-17(13)16)14(12)18(22)21-11-6-5-9-3-1-2-4-10(9)7-11/h1-7,12-17H,8H2,(H,21,22)/t12-,13-,14-,15-,16+,17+/m1/s1. The van der Waals surface area contributed by atoms with E-state index in [1.165, 1.54) is 0 Å². The zero-order valence-electron chi connectivity index (χ0n) is 12.8. The molecular weight excluding hydrogens is 370 g/mol. The fourth-order valence-electron chi connectivity index (χ4n) is 4.82. The Bertz CT molecular complexity index is 867. The second-order valence-corrected chi connectivity index (χ2v) is 8.07. The summed E-state index contributed by atoms with van der Waals surface area (Å²) in [6.07, 6.45) is 0.851. The average molecular weight is 386 g/mol. The summed E-state index contributed by atoms with van der Waals surface area (Å²) in [4.78, 5) is 25.1. The third-order valence-electron chi connectivity index (χ3n) is 5.84. The summed E-state index contributed by atoms with van der Waals surface area (Å²) in [5, 5.41) is 5.24. The number of nitrogens with one attached hydrogen (secondary N) is 1. The summed E-state index contributed by atoms with van der Waals surface area (Å²) in [5.41, 5.74) is 0.774. The lowest BCUT2D eigenvalue weighted by Gasteiger charge is -2.27. The first-order chi connectivity index (χ1) is 11.6. The van der Waals surface area contributed by atoms with Gasteiger partial charge in [0.15, 0.2) is 0 Å². The van der Waals surface area contributed by atoms with Crippen LogP contribution in [0.3, 0.4) is 0 Å². The molecule has 2 saturated carbocycles. The van der Waals surface area contributed by atoms with Gasteiger partial charge in [0.25, 0.3) is 0 Å². The molecule has 2 aromatic carbocycles. The Hall–Kier alpha value is -1.88. The van der Waals surface area contributed by atoms with Crippen LogP contribution < -0.4 is 5.32 Å². The molecule has 3 aliphatic rings. The average Bonchev–Trinajstić information content (AvgIpc) is 3.19. The van der Waals surface area contributed by atoms with Gasteiger partial charge in [0.1, 0.15) is 6.10 Å². The monoisotopic (exact) mass is 385 g/mol. The number of anilines is 1. The van der Waals surface area contributed by atoms with Crippen molar-refractivity contribution in [2.75, 3.05) is 5.32 Å². The lowest BCUT2D eigenvalue weighted by Crippen LogP contribution is -2.40. The maximum atomic E-state index is 12.9. The SMILES string of the molecule is O=C(Nc1ccc2ccccc2c1)[C@@H]1[C@H]2C[C@H]3[C@H](OC(=O)[C@H]31)[C@H]2Br. The lowest BCUT2D eigenvalue weighted by atomic mass is 9.79. The molecule has 5 rings (SSSR count). The molecule has 122 valence electrons. The van der Waals surface area contributed by atoms with Gasteiger partial charge >= 0.3 is 5.97 Å². The molecular formula is C19H16BrNO3. The van der Waals surface area contributed by atoms with Crippen molar-refractivity contribution in [3.05, 3.63) is 42.5 Å². The minimum Gasteiger partial charge on any atom is -0.461 e. The van der Waals surface area contributed by atoms with E-state index in [2.05, 4.69) is 21.2 Å². The number of rotatable bonds is 2. The topological polar surface area (TPSA) is 55.4 Å². The van der Waals surface area contributed by atoms with Gasteiger partial charge in [0, 0.05) is 11.6 Å². The first-order valence-electron chi connectivity index (χ1n) is 8.28. The number of carbonyl (C=O) groups excluding carboxylic acids is 2. The van der Waals surface area contributed by atoms with E-state index in [0.717, 1.165) is 22.9 Å². The van der Waals surface area contributed by atoms with E-state index in [4.69, 9.17) is 4.74 Å². The molecule has 3 fully saturated rings. The van der Waals surface area contributed by atoms with Crippen molar-refractivity contribution in [1.29, 1.82) is 0 Å². The van der Waals surface area contributed by atoms with Gasteiger partial charge in [-0.1, -0.05) is 46.3 Å². The molecule has 1 heterocycles. The Kier molecular flexibility index (Phi) is 3.05. The van der Waals surface area contributed by atoms with Gasteiger partial charge < -0.3 is 10.1 Å². The van der Waals surface area contributed by atoms with Gasteiger partial charge in [-0.25, -0.2) is 0 Å². The number of hydrogen-bond acceptors (Lipinski definition) is 3. The van der Waals surface area contributed by atoms with E-state index >= 15 is 0 Å². The summed E-state index contributed by atoms with van der Waals surface area (Å²) in [6.45, 7) is 0. The summed E-state index contributed by atoms with van der Waals surface area (Å²) >= 11 is 3.65. The highest BCUT2D eigenvalue weighted by Crippen LogP contribution is 2.60. The molecule has 1 amide bonds. The molecule has 24 heavy (non-hydrogen) atoms. The zero-order valence-corrected chi connectivity index (χ0v) is 14.4. The maximum absolute atomic E-state index is 12.9. The van der Waals surface area contributed by atoms with Gasteiger partial charge in [-0.2, -0.15) is 0 Å². The quantitative estimate of drug-likeness (QED) is 0.636. The molecule has 1 saturated heterocycles. The highest BCUT2D eigenvalue weighted by molar-refractivity contribution is 9.09. The molecule has 0 aromatic heterocycles. The highest BCUT2D eigenvalue weighted by atomic mass is 79.9. The number of alkyl halides is 1. The van der Waals surface area contributed by atoms with E-state index < -0.39 is 0 Å². The van der Waals surface area contributed by atoms with Crippen molar-refractivity contribution in [2.45, 2.75) is 17.4 Å². The van der Waals surface area contributed by atoms with Crippen LogP contribution >= 0.6 is 15.9 Å². The maximum Gasteiger partial charge on any atom is 0.310 e. The van der Waals surface area contributed by atoms with Crippen molar-refractivity contribution in [3.63, 3.8) is 0 Å². The number of benzene rings is 2. The molecule has 0 radical (unpaired) electrons. The Morgan fingerprint density at radius 2 is 1.92 bits per heavy atom. The summed E-state index contributed by atoms with van der Waals surface area (Å²) < 4.78 is 5.47. The van der Waals surface area contributed by atoms with Crippen molar-refractivity contribution >= 4 is 44.3 Å².